The van der Waals surface area contributed by atoms with Crippen molar-refractivity contribution in [2.75, 3.05) is 11.1 Å². The molecule has 1 aromatic carbocycles. The van der Waals surface area contributed by atoms with Crippen molar-refractivity contribution in [2.24, 2.45) is 10.9 Å². The third-order valence-electron chi connectivity index (χ3n) is 4.87. The van der Waals surface area contributed by atoms with Gasteiger partial charge in [-0.3, -0.25) is 15.1 Å². The molecule has 1 aliphatic heterocycles. The zero-order valence-corrected chi connectivity index (χ0v) is 16.3. The number of carbonyl (C=O) groups is 2. The Morgan fingerprint density at radius 1 is 1.25 bits per heavy atom. The number of amides is 2. The van der Waals surface area contributed by atoms with E-state index in [-0.39, 0.29) is 11.6 Å². The molecule has 0 radical (unpaired) electrons. The first-order valence-electron chi connectivity index (χ1n) is 8.72. The van der Waals surface area contributed by atoms with Gasteiger partial charge in [0.2, 0.25) is 0 Å². The molecule has 1 aromatic heterocycles. The van der Waals surface area contributed by atoms with Crippen molar-refractivity contribution in [3.63, 3.8) is 0 Å². The molecule has 4 rings (SSSR count). The van der Waals surface area contributed by atoms with E-state index in [4.69, 9.17) is 21.7 Å². The summed E-state index contributed by atoms with van der Waals surface area (Å²) >= 11 is 7.23. The van der Waals surface area contributed by atoms with E-state index in [1.165, 1.54) is 18.0 Å². The van der Waals surface area contributed by atoms with Gasteiger partial charge in [-0.15, -0.1) is 0 Å². The summed E-state index contributed by atoms with van der Waals surface area (Å²) in [6.07, 6.45) is 2.14. The third kappa shape index (κ3) is 3.83. The van der Waals surface area contributed by atoms with Gasteiger partial charge in [-0.1, -0.05) is 35.5 Å². The molecule has 9 heteroatoms. The molecule has 2 aromatic rings. The van der Waals surface area contributed by atoms with Gasteiger partial charge in [0.25, 0.3) is 5.91 Å². The van der Waals surface area contributed by atoms with Crippen LogP contribution in [0.5, 0.6) is 0 Å². The van der Waals surface area contributed by atoms with Gasteiger partial charge in [-0.2, -0.15) is 0 Å². The van der Waals surface area contributed by atoms with Gasteiger partial charge in [0, 0.05) is 17.6 Å². The number of benzene rings is 1. The minimum absolute atomic E-state index is 0.272. The highest BCUT2D eigenvalue weighted by Gasteiger charge is 2.56. The van der Waals surface area contributed by atoms with E-state index in [0.717, 1.165) is 24.2 Å². The molecule has 0 saturated heterocycles. The Morgan fingerprint density at radius 3 is 2.86 bits per heavy atom. The Bertz CT molecular complexity index is 966. The summed E-state index contributed by atoms with van der Waals surface area (Å²) in [4.78, 5) is 32.2. The number of pyridine rings is 1. The second kappa shape index (κ2) is 7.44. The van der Waals surface area contributed by atoms with Crippen LogP contribution in [0.3, 0.4) is 0 Å². The molecule has 1 fully saturated rings. The molecule has 2 amide bonds. The van der Waals surface area contributed by atoms with Crippen molar-refractivity contribution >= 4 is 46.2 Å². The van der Waals surface area contributed by atoms with Crippen molar-refractivity contribution < 1.29 is 14.7 Å². The maximum Gasteiger partial charge on any atom is 0.410 e. The minimum atomic E-state index is -1.11. The number of anilines is 1. The predicted molar refractivity (Wildman–Crippen MR) is 109 cm³/mol. The standard InChI is InChI=1S/C19H17ClN4O3S/c20-13-4-5-15(21-10-13)16(25)22-14-3-1-2-11(8-14)19-9-12(19)6-7-28-17(24-19)23-18(26)27/h1-5,8,10,12H,6-7,9H2,(H,22,25)(H,23,24)(H,26,27)/t12-,19-/m1/s1. The lowest BCUT2D eigenvalue weighted by molar-refractivity contribution is 0.102. The van der Waals surface area contributed by atoms with Gasteiger partial charge in [0.1, 0.15) is 5.69 Å². The number of nitrogens with zero attached hydrogens (tertiary/aromatic N) is 2. The second-order valence-corrected chi connectivity index (χ2v) is 8.23. The molecule has 2 aliphatic rings. The van der Waals surface area contributed by atoms with Gasteiger partial charge in [-0.05, 0) is 48.6 Å². The van der Waals surface area contributed by atoms with Crippen LogP contribution in [0.4, 0.5) is 10.5 Å². The molecule has 0 unspecified atom stereocenters. The lowest BCUT2D eigenvalue weighted by atomic mass is 10.0. The fourth-order valence-corrected chi connectivity index (χ4v) is 4.55. The number of amidine groups is 1. The van der Waals surface area contributed by atoms with E-state index in [9.17, 15) is 9.59 Å². The van der Waals surface area contributed by atoms with E-state index < -0.39 is 11.6 Å². The van der Waals surface area contributed by atoms with Gasteiger partial charge >= 0.3 is 6.09 Å². The fourth-order valence-electron chi connectivity index (χ4n) is 3.45. The fraction of sp³-hybridized carbons (Fsp3) is 0.263. The van der Waals surface area contributed by atoms with E-state index in [1.54, 1.807) is 18.2 Å². The first-order valence-corrected chi connectivity index (χ1v) is 10.1. The molecule has 2 heterocycles. The zero-order chi connectivity index (χ0) is 19.7. The molecule has 1 aliphatic carbocycles. The number of halogens is 1. The maximum atomic E-state index is 12.4. The van der Waals surface area contributed by atoms with Crippen molar-refractivity contribution in [1.82, 2.24) is 10.3 Å². The van der Waals surface area contributed by atoms with E-state index in [1.807, 2.05) is 18.2 Å². The van der Waals surface area contributed by atoms with Crippen LogP contribution in [0.2, 0.25) is 5.02 Å². The summed E-state index contributed by atoms with van der Waals surface area (Å²) in [5.74, 6) is 0.869. The quantitative estimate of drug-likeness (QED) is 0.702. The van der Waals surface area contributed by atoms with Gasteiger partial charge < -0.3 is 10.4 Å². The molecular formula is C19H17ClN4O3S. The first kappa shape index (κ1) is 18.8. The number of nitrogens with one attached hydrogen (secondary N) is 2. The zero-order valence-electron chi connectivity index (χ0n) is 14.7. The number of hydrogen-bond donors (Lipinski definition) is 3. The number of carbonyl (C=O) groups excluding carboxylic acids is 1. The van der Waals surface area contributed by atoms with Gasteiger partial charge in [-0.25, -0.2) is 9.78 Å². The number of rotatable bonds is 3. The number of hydrogen-bond acceptors (Lipinski definition) is 5. The number of aliphatic imine (C=N–C) groups is 1. The molecule has 7 nitrogen and oxygen atoms in total. The number of thioether (sulfide) groups is 1. The van der Waals surface area contributed by atoms with Crippen molar-refractivity contribution in [2.45, 2.75) is 18.4 Å². The first-order chi connectivity index (χ1) is 13.5. The monoisotopic (exact) mass is 416 g/mol. The Labute approximate surface area is 170 Å². The van der Waals surface area contributed by atoms with Crippen LogP contribution in [0.1, 0.15) is 28.9 Å². The highest BCUT2D eigenvalue weighted by molar-refractivity contribution is 8.13. The van der Waals surface area contributed by atoms with Crippen LogP contribution in [0.25, 0.3) is 0 Å². The normalized spacial score (nSPS) is 23.0. The van der Waals surface area contributed by atoms with Crippen LogP contribution in [0.15, 0.2) is 47.6 Å². The van der Waals surface area contributed by atoms with Crippen molar-refractivity contribution in [3.8, 4) is 0 Å². The summed E-state index contributed by atoms with van der Waals surface area (Å²) in [6, 6.07) is 10.7. The van der Waals surface area contributed by atoms with Crippen LogP contribution in [-0.4, -0.2) is 33.0 Å². The Hall–Kier alpha value is -2.58. The number of carboxylic acid groups (broad SMARTS) is 1. The number of aromatic nitrogens is 1. The molecule has 1 saturated carbocycles. The Kier molecular flexibility index (Phi) is 4.99. The molecule has 28 heavy (non-hydrogen) atoms. The number of fused-ring (bicyclic) bond motifs is 1. The predicted octanol–water partition coefficient (Wildman–Crippen LogP) is 3.96. The third-order valence-corrected chi connectivity index (χ3v) is 6.00. The highest BCUT2D eigenvalue weighted by atomic mass is 35.5. The minimum Gasteiger partial charge on any atom is -0.465 e. The summed E-state index contributed by atoms with van der Waals surface area (Å²) < 4.78 is 0. The summed E-state index contributed by atoms with van der Waals surface area (Å²) in [5, 5.41) is 15.1. The van der Waals surface area contributed by atoms with E-state index in [0.29, 0.717) is 21.8 Å². The lowest BCUT2D eigenvalue weighted by Gasteiger charge is -2.15. The molecule has 2 atom stereocenters. The van der Waals surface area contributed by atoms with Crippen LogP contribution in [-0.2, 0) is 5.54 Å². The largest absolute Gasteiger partial charge is 0.465 e. The van der Waals surface area contributed by atoms with Crippen LogP contribution < -0.4 is 10.6 Å². The molecule has 3 N–H and O–H groups in total. The van der Waals surface area contributed by atoms with E-state index in [2.05, 4.69) is 15.6 Å². The van der Waals surface area contributed by atoms with Crippen LogP contribution in [0, 0.1) is 5.92 Å². The second-order valence-electron chi connectivity index (χ2n) is 6.71. The summed E-state index contributed by atoms with van der Waals surface area (Å²) in [7, 11) is 0. The topological polar surface area (TPSA) is 104 Å². The molecule has 0 spiro atoms. The Morgan fingerprint density at radius 2 is 2.11 bits per heavy atom. The summed E-state index contributed by atoms with van der Waals surface area (Å²) in [6.45, 7) is 0. The average molecular weight is 417 g/mol. The molecule has 0 bridgehead atoms. The highest BCUT2D eigenvalue weighted by Crippen LogP contribution is 2.59. The van der Waals surface area contributed by atoms with Crippen molar-refractivity contribution in [1.29, 1.82) is 0 Å². The SMILES string of the molecule is O=C(O)NC1=N[C@@]2(c3cccc(NC(=O)c4ccc(Cl)cn4)c3)C[C@H]2CCS1. The molecular weight excluding hydrogens is 400 g/mol. The van der Waals surface area contributed by atoms with E-state index >= 15 is 0 Å². The maximum absolute atomic E-state index is 12.4. The van der Waals surface area contributed by atoms with Gasteiger partial charge in [0.05, 0.1) is 10.6 Å². The molecule has 144 valence electrons. The van der Waals surface area contributed by atoms with Gasteiger partial charge in [0.15, 0.2) is 5.17 Å². The smallest absolute Gasteiger partial charge is 0.410 e. The average Bonchev–Trinajstić information content (AvgIpc) is 3.37. The van der Waals surface area contributed by atoms with Crippen LogP contribution >= 0.6 is 23.4 Å². The Balaban J connectivity index is 1.57. The van der Waals surface area contributed by atoms with Crippen molar-refractivity contribution in [3.05, 3.63) is 58.9 Å². The summed E-state index contributed by atoms with van der Waals surface area (Å²) in [5.41, 5.74) is 1.44. The lowest BCUT2D eigenvalue weighted by Crippen LogP contribution is -2.27.